The van der Waals surface area contributed by atoms with Crippen LogP contribution in [0.4, 0.5) is 0 Å². The number of aryl methyl sites for hydroxylation is 1. The summed E-state index contributed by atoms with van der Waals surface area (Å²) < 4.78 is 0. The van der Waals surface area contributed by atoms with Gasteiger partial charge in [-0.25, -0.2) is 4.98 Å². The third-order valence-corrected chi connectivity index (χ3v) is 4.69. The molecular weight excluding hydrogens is 318 g/mol. The van der Waals surface area contributed by atoms with Crippen molar-refractivity contribution in [3.8, 4) is 0 Å². The lowest BCUT2D eigenvalue weighted by Crippen LogP contribution is -2.25. The van der Waals surface area contributed by atoms with Crippen LogP contribution in [0.1, 0.15) is 35.7 Å². The minimum atomic E-state index is -0.0988. The van der Waals surface area contributed by atoms with Crippen LogP contribution in [0.3, 0.4) is 0 Å². The van der Waals surface area contributed by atoms with Crippen molar-refractivity contribution in [3.63, 3.8) is 0 Å². The van der Waals surface area contributed by atoms with Gasteiger partial charge in [-0.15, -0.1) is 11.3 Å². The maximum Gasteiger partial charge on any atom is 0.244 e. The molecule has 0 saturated carbocycles. The first-order chi connectivity index (χ1) is 11.6. The van der Waals surface area contributed by atoms with Crippen molar-refractivity contribution < 1.29 is 4.79 Å². The number of nitrogens with one attached hydrogen (secondary N) is 1. The molecule has 128 valence electrons. The van der Waals surface area contributed by atoms with Crippen LogP contribution in [0.5, 0.6) is 0 Å². The van der Waals surface area contributed by atoms with Gasteiger partial charge in [-0.2, -0.15) is 0 Å². The van der Waals surface area contributed by atoms with Gasteiger partial charge in [-0.3, -0.25) is 9.69 Å². The number of benzene rings is 1. The van der Waals surface area contributed by atoms with Gasteiger partial charge in [0, 0.05) is 24.5 Å². The molecule has 1 N–H and O–H groups in total. The van der Waals surface area contributed by atoms with Gasteiger partial charge in [-0.1, -0.05) is 38.1 Å². The van der Waals surface area contributed by atoms with E-state index in [1.165, 1.54) is 5.56 Å². The highest BCUT2D eigenvalue weighted by atomic mass is 32.1. The highest BCUT2D eigenvalue weighted by Crippen LogP contribution is 2.12. The van der Waals surface area contributed by atoms with Gasteiger partial charge in [0.05, 0.1) is 10.7 Å². The quantitative estimate of drug-likeness (QED) is 0.745. The summed E-state index contributed by atoms with van der Waals surface area (Å²) in [5.41, 5.74) is 3.26. The summed E-state index contributed by atoms with van der Waals surface area (Å²) in [6.07, 6.45) is 3.29. The number of amides is 1. The van der Waals surface area contributed by atoms with Crippen molar-refractivity contribution in [2.45, 2.75) is 33.9 Å². The zero-order valence-corrected chi connectivity index (χ0v) is 15.4. The van der Waals surface area contributed by atoms with E-state index < -0.39 is 0 Å². The lowest BCUT2D eigenvalue weighted by molar-refractivity contribution is -0.116. The van der Waals surface area contributed by atoms with Crippen molar-refractivity contribution in [2.75, 3.05) is 13.1 Å². The molecule has 0 bridgehead atoms. The fraction of sp³-hybridized carbons (Fsp3) is 0.368. The summed E-state index contributed by atoms with van der Waals surface area (Å²) in [6, 6.07) is 8.27. The first kappa shape index (κ1) is 18.4. The molecule has 0 fully saturated rings. The lowest BCUT2D eigenvalue weighted by atomic mass is 10.1. The third kappa shape index (κ3) is 5.58. The first-order valence-corrected chi connectivity index (χ1v) is 9.17. The molecule has 2 aromatic rings. The van der Waals surface area contributed by atoms with E-state index in [4.69, 9.17) is 0 Å². The van der Waals surface area contributed by atoms with E-state index in [9.17, 15) is 4.79 Å². The average Bonchev–Trinajstić information content (AvgIpc) is 3.02. The molecule has 1 heterocycles. The van der Waals surface area contributed by atoms with Crippen LogP contribution >= 0.6 is 11.3 Å². The van der Waals surface area contributed by atoms with Crippen molar-refractivity contribution in [1.82, 2.24) is 15.2 Å². The molecule has 0 aliphatic heterocycles. The van der Waals surface area contributed by atoms with Gasteiger partial charge in [0.15, 0.2) is 0 Å². The van der Waals surface area contributed by atoms with Crippen LogP contribution in [-0.2, 0) is 17.9 Å². The van der Waals surface area contributed by atoms with Crippen LogP contribution in [0.2, 0.25) is 0 Å². The van der Waals surface area contributed by atoms with E-state index in [2.05, 4.69) is 47.2 Å². The Balaban J connectivity index is 1.93. The molecule has 0 atom stereocenters. The van der Waals surface area contributed by atoms with E-state index in [0.29, 0.717) is 6.54 Å². The summed E-state index contributed by atoms with van der Waals surface area (Å²) in [5.74, 6) is -0.0988. The second-order valence-electron chi connectivity index (χ2n) is 5.57. The summed E-state index contributed by atoms with van der Waals surface area (Å²) in [6.45, 7) is 9.77. The molecule has 0 spiro atoms. The van der Waals surface area contributed by atoms with E-state index >= 15 is 0 Å². The number of carbonyl (C=O) groups excluding carboxylic acids is 1. The van der Waals surface area contributed by atoms with Crippen molar-refractivity contribution in [1.29, 1.82) is 0 Å². The number of nitrogens with zero attached hydrogens (tertiary/aromatic N) is 2. The van der Waals surface area contributed by atoms with Crippen LogP contribution in [-0.4, -0.2) is 28.9 Å². The normalized spacial score (nSPS) is 11.3. The third-order valence-electron chi connectivity index (χ3n) is 3.90. The highest BCUT2D eigenvalue weighted by Gasteiger charge is 2.07. The molecule has 4 nitrogen and oxygen atoms in total. The number of hydrogen-bond donors (Lipinski definition) is 1. The average molecular weight is 343 g/mol. The Labute approximate surface area is 148 Å². The molecule has 1 amide bonds. The van der Waals surface area contributed by atoms with Gasteiger partial charge in [-0.05, 0) is 37.2 Å². The van der Waals surface area contributed by atoms with E-state index in [1.807, 2.05) is 18.4 Å². The van der Waals surface area contributed by atoms with Crippen molar-refractivity contribution in [2.24, 2.45) is 0 Å². The van der Waals surface area contributed by atoms with Crippen molar-refractivity contribution in [3.05, 3.63) is 57.6 Å². The Morgan fingerprint density at radius 1 is 1.25 bits per heavy atom. The standard InChI is InChI=1S/C19H25N3OS/c1-4-22(5-2)13-17-9-7-6-8-16(17)12-20-19(23)11-10-18-14-24-15(3)21-18/h6-11,14H,4-5,12-13H2,1-3H3,(H,20,23)/b11-10+. The predicted molar refractivity (Wildman–Crippen MR) is 101 cm³/mol. The number of aromatic nitrogens is 1. The maximum atomic E-state index is 12.0. The Kier molecular flexibility index (Phi) is 7.15. The maximum absolute atomic E-state index is 12.0. The molecule has 2 rings (SSSR count). The number of hydrogen-bond acceptors (Lipinski definition) is 4. The van der Waals surface area contributed by atoms with E-state index in [0.717, 1.165) is 35.9 Å². The fourth-order valence-electron chi connectivity index (χ4n) is 2.43. The monoisotopic (exact) mass is 343 g/mol. The molecule has 1 aromatic carbocycles. The number of rotatable bonds is 8. The zero-order valence-electron chi connectivity index (χ0n) is 14.6. The summed E-state index contributed by atoms with van der Waals surface area (Å²) in [4.78, 5) is 18.7. The first-order valence-electron chi connectivity index (χ1n) is 8.29. The lowest BCUT2D eigenvalue weighted by Gasteiger charge is -2.20. The molecule has 0 saturated heterocycles. The molecule has 0 aliphatic carbocycles. The summed E-state index contributed by atoms with van der Waals surface area (Å²) in [7, 11) is 0. The van der Waals surface area contributed by atoms with Gasteiger partial charge in [0.2, 0.25) is 5.91 Å². The molecular formula is C19H25N3OS. The van der Waals surface area contributed by atoms with Gasteiger partial charge >= 0.3 is 0 Å². The Morgan fingerprint density at radius 2 is 1.96 bits per heavy atom. The van der Waals surface area contributed by atoms with Crippen LogP contribution < -0.4 is 5.32 Å². The molecule has 5 heteroatoms. The van der Waals surface area contributed by atoms with Gasteiger partial charge < -0.3 is 5.32 Å². The van der Waals surface area contributed by atoms with Crippen LogP contribution in [0.15, 0.2) is 35.7 Å². The molecule has 0 unspecified atom stereocenters. The second-order valence-corrected chi connectivity index (χ2v) is 6.63. The second kappa shape index (κ2) is 9.35. The number of carbonyl (C=O) groups is 1. The minimum absolute atomic E-state index is 0.0988. The zero-order chi connectivity index (χ0) is 17.4. The van der Waals surface area contributed by atoms with E-state index in [1.54, 1.807) is 23.5 Å². The molecule has 0 aliphatic rings. The van der Waals surface area contributed by atoms with Gasteiger partial charge in [0.1, 0.15) is 0 Å². The van der Waals surface area contributed by atoms with Crippen LogP contribution in [0.25, 0.3) is 6.08 Å². The van der Waals surface area contributed by atoms with Crippen molar-refractivity contribution >= 4 is 23.3 Å². The Bertz CT molecular complexity index is 689. The summed E-state index contributed by atoms with van der Waals surface area (Å²) in [5, 5.41) is 5.90. The van der Waals surface area contributed by atoms with E-state index in [-0.39, 0.29) is 5.91 Å². The highest BCUT2D eigenvalue weighted by molar-refractivity contribution is 7.09. The van der Waals surface area contributed by atoms with Crippen LogP contribution in [0, 0.1) is 6.92 Å². The topological polar surface area (TPSA) is 45.2 Å². The molecule has 1 aromatic heterocycles. The SMILES string of the molecule is CCN(CC)Cc1ccccc1CNC(=O)/C=C/c1csc(C)n1. The smallest absolute Gasteiger partial charge is 0.244 e. The fourth-order valence-corrected chi connectivity index (χ4v) is 3.01. The Hall–Kier alpha value is -1.98. The van der Waals surface area contributed by atoms with Gasteiger partial charge in [0.25, 0.3) is 0 Å². The largest absolute Gasteiger partial charge is 0.348 e. The summed E-state index contributed by atoms with van der Waals surface area (Å²) >= 11 is 1.58. The predicted octanol–water partition coefficient (Wildman–Crippen LogP) is 3.62. The Morgan fingerprint density at radius 3 is 2.58 bits per heavy atom. The molecule has 24 heavy (non-hydrogen) atoms. The molecule has 0 radical (unpaired) electrons. The number of thiazole rings is 1. The minimum Gasteiger partial charge on any atom is -0.348 e.